The summed E-state index contributed by atoms with van der Waals surface area (Å²) in [6.07, 6.45) is 0.656. The van der Waals surface area contributed by atoms with E-state index in [0.29, 0.717) is 12.0 Å². The van der Waals surface area contributed by atoms with Crippen molar-refractivity contribution in [2.45, 2.75) is 19.0 Å². The van der Waals surface area contributed by atoms with Gasteiger partial charge in [-0.15, -0.1) is 0 Å². The van der Waals surface area contributed by atoms with Crippen LogP contribution < -0.4 is 5.73 Å². The Labute approximate surface area is 121 Å². The summed E-state index contributed by atoms with van der Waals surface area (Å²) in [5.74, 6) is -1.16. The summed E-state index contributed by atoms with van der Waals surface area (Å²) >= 11 is 1.67. The second kappa shape index (κ2) is 6.92. The molecule has 108 valence electrons. The van der Waals surface area contributed by atoms with Gasteiger partial charge in [0.1, 0.15) is 11.6 Å². The van der Waals surface area contributed by atoms with E-state index in [1.807, 2.05) is 12.4 Å². The molecular weight excluding hydrogens is 278 g/mol. The average molecular weight is 296 g/mol. The molecule has 0 bridgehead atoms. The maximum Gasteiger partial charge on any atom is 0.126 e. The minimum absolute atomic E-state index is 0.356. The lowest BCUT2D eigenvalue weighted by Crippen LogP contribution is -2.23. The molecule has 20 heavy (non-hydrogen) atoms. The molecular formula is C15H18F2N2S. The topological polar surface area (TPSA) is 29.3 Å². The van der Waals surface area contributed by atoms with Crippen molar-refractivity contribution < 1.29 is 8.78 Å². The van der Waals surface area contributed by atoms with E-state index in [1.54, 1.807) is 11.3 Å². The molecule has 5 heteroatoms. The molecule has 2 aromatic rings. The highest BCUT2D eigenvalue weighted by atomic mass is 32.1. The van der Waals surface area contributed by atoms with Gasteiger partial charge in [-0.25, -0.2) is 8.78 Å². The molecule has 1 heterocycles. The van der Waals surface area contributed by atoms with Crippen molar-refractivity contribution in [3.63, 3.8) is 0 Å². The smallest absolute Gasteiger partial charge is 0.126 e. The number of hydrogen-bond acceptors (Lipinski definition) is 3. The van der Waals surface area contributed by atoms with Gasteiger partial charge in [0.25, 0.3) is 0 Å². The molecule has 1 unspecified atom stereocenters. The average Bonchev–Trinajstić information content (AvgIpc) is 2.87. The van der Waals surface area contributed by atoms with Crippen molar-refractivity contribution in [2.24, 2.45) is 5.73 Å². The Morgan fingerprint density at radius 2 is 1.95 bits per heavy atom. The van der Waals surface area contributed by atoms with Gasteiger partial charge in [0.15, 0.2) is 0 Å². The van der Waals surface area contributed by atoms with Gasteiger partial charge in [0.2, 0.25) is 0 Å². The highest BCUT2D eigenvalue weighted by molar-refractivity contribution is 7.07. The zero-order valence-corrected chi connectivity index (χ0v) is 12.2. The van der Waals surface area contributed by atoms with Crippen LogP contribution in [0, 0.1) is 11.6 Å². The summed E-state index contributed by atoms with van der Waals surface area (Å²) in [5, 5.41) is 4.16. The van der Waals surface area contributed by atoms with Gasteiger partial charge >= 0.3 is 0 Å². The van der Waals surface area contributed by atoms with Crippen LogP contribution in [0.5, 0.6) is 0 Å². The fraction of sp³-hybridized carbons (Fsp3) is 0.333. The van der Waals surface area contributed by atoms with Gasteiger partial charge in [0, 0.05) is 18.7 Å². The summed E-state index contributed by atoms with van der Waals surface area (Å²) in [5.41, 5.74) is 7.77. The summed E-state index contributed by atoms with van der Waals surface area (Å²) in [4.78, 5) is 2.15. The van der Waals surface area contributed by atoms with E-state index in [-0.39, 0.29) is 6.04 Å². The van der Waals surface area contributed by atoms with Gasteiger partial charge in [-0.3, -0.25) is 0 Å². The fourth-order valence-corrected chi connectivity index (χ4v) is 2.75. The van der Waals surface area contributed by atoms with Crippen LogP contribution in [0.3, 0.4) is 0 Å². The molecule has 0 aliphatic carbocycles. The number of hydrogen-bond donors (Lipinski definition) is 1. The van der Waals surface area contributed by atoms with Crippen LogP contribution in [0.15, 0.2) is 35.0 Å². The largest absolute Gasteiger partial charge is 0.324 e. The second-order valence-corrected chi connectivity index (χ2v) is 5.75. The Morgan fingerprint density at radius 1 is 1.25 bits per heavy atom. The van der Waals surface area contributed by atoms with Crippen molar-refractivity contribution in [3.05, 3.63) is 57.8 Å². The molecule has 0 fully saturated rings. The van der Waals surface area contributed by atoms with E-state index in [2.05, 4.69) is 16.3 Å². The maximum absolute atomic E-state index is 13.1. The molecule has 0 radical (unpaired) electrons. The van der Waals surface area contributed by atoms with E-state index in [0.717, 1.165) is 19.2 Å². The Bertz CT molecular complexity index is 523. The first kappa shape index (κ1) is 15.1. The molecule has 0 saturated heterocycles. The van der Waals surface area contributed by atoms with Crippen molar-refractivity contribution in [1.82, 2.24) is 4.90 Å². The molecule has 0 saturated carbocycles. The Balaban J connectivity index is 1.86. The zero-order valence-electron chi connectivity index (χ0n) is 11.4. The van der Waals surface area contributed by atoms with Gasteiger partial charge in [-0.05, 0) is 60.1 Å². The molecule has 2 rings (SSSR count). The predicted molar refractivity (Wildman–Crippen MR) is 78.6 cm³/mol. The molecule has 0 aliphatic rings. The van der Waals surface area contributed by atoms with Gasteiger partial charge in [-0.2, -0.15) is 11.3 Å². The molecule has 0 aliphatic heterocycles. The van der Waals surface area contributed by atoms with Crippen LogP contribution in [0.2, 0.25) is 0 Å². The first-order chi connectivity index (χ1) is 9.54. The fourth-order valence-electron chi connectivity index (χ4n) is 2.09. The third kappa shape index (κ3) is 4.37. The highest BCUT2D eigenvalue weighted by Gasteiger charge is 2.10. The lowest BCUT2D eigenvalue weighted by molar-refractivity contribution is 0.311. The molecule has 1 aromatic carbocycles. The van der Waals surface area contributed by atoms with Gasteiger partial charge in [-0.1, -0.05) is 0 Å². The first-order valence-electron chi connectivity index (χ1n) is 6.46. The molecule has 0 amide bonds. The summed E-state index contributed by atoms with van der Waals surface area (Å²) < 4.78 is 26.3. The van der Waals surface area contributed by atoms with E-state index in [4.69, 9.17) is 5.73 Å². The highest BCUT2D eigenvalue weighted by Crippen LogP contribution is 2.18. The number of benzene rings is 1. The van der Waals surface area contributed by atoms with E-state index in [9.17, 15) is 8.78 Å². The monoisotopic (exact) mass is 296 g/mol. The minimum Gasteiger partial charge on any atom is -0.324 e. The number of halogens is 2. The number of rotatable bonds is 6. The zero-order chi connectivity index (χ0) is 14.5. The summed E-state index contributed by atoms with van der Waals surface area (Å²) in [7, 11) is 2.01. The SMILES string of the molecule is CN(CCC(N)c1cc(F)cc(F)c1)Cc1ccsc1. The Hall–Kier alpha value is -1.30. The predicted octanol–water partition coefficient (Wildman–Crippen LogP) is 3.55. The van der Waals surface area contributed by atoms with Crippen LogP contribution >= 0.6 is 11.3 Å². The molecule has 1 aromatic heterocycles. The minimum atomic E-state index is -0.581. The summed E-state index contributed by atoms with van der Waals surface area (Å²) in [6, 6.07) is 5.19. The lowest BCUT2D eigenvalue weighted by Gasteiger charge is -2.19. The first-order valence-corrected chi connectivity index (χ1v) is 7.40. The van der Waals surface area contributed by atoms with Crippen LogP contribution in [0.25, 0.3) is 0 Å². The lowest BCUT2D eigenvalue weighted by atomic mass is 10.0. The molecule has 2 N–H and O–H groups in total. The Kier molecular flexibility index (Phi) is 5.23. The second-order valence-electron chi connectivity index (χ2n) is 4.97. The van der Waals surface area contributed by atoms with Gasteiger partial charge in [0.05, 0.1) is 0 Å². The van der Waals surface area contributed by atoms with Gasteiger partial charge < -0.3 is 10.6 Å². The van der Waals surface area contributed by atoms with Crippen LogP contribution in [0.1, 0.15) is 23.6 Å². The van der Waals surface area contributed by atoms with E-state index in [1.165, 1.54) is 17.7 Å². The van der Waals surface area contributed by atoms with Crippen LogP contribution in [0.4, 0.5) is 8.78 Å². The number of nitrogens with zero attached hydrogens (tertiary/aromatic N) is 1. The van der Waals surface area contributed by atoms with Crippen LogP contribution in [-0.2, 0) is 6.54 Å². The van der Waals surface area contributed by atoms with Crippen molar-refractivity contribution >= 4 is 11.3 Å². The molecule has 0 spiro atoms. The number of thiophene rings is 1. The van der Waals surface area contributed by atoms with Crippen molar-refractivity contribution in [1.29, 1.82) is 0 Å². The third-order valence-corrected chi connectivity index (χ3v) is 3.90. The molecule has 1 atom stereocenters. The van der Waals surface area contributed by atoms with Crippen molar-refractivity contribution in [3.8, 4) is 0 Å². The Morgan fingerprint density at radius 3 is 2.55 bits per heavy atom. The normalized spacial score (nSPS) is 12.8. The van der Waals surface area contributed by atoms with E-state index < -0.39 is 11.6 Å². The van der Waals surface area contributed by atoms with E-state index >= 15 is 0 Å². The third-order valence-electron chi connectivity index (χ3n) is 3.17. The van der Waals surface area contributed by atoms with Crippen LogP contribution in [-0.4, -0.2) is 18.5 Å². The number of nitrogens with two attached hydrogens (primary N) is 1. The maximum atomic E-state index is 13.1. The van der Waals surface area contributed by atoms with Crippen molar-refractivity contribution in [2.75, 3.05) is 13.6 Å². The standard InChI is InChI=1S/C15H18F2N2S/c1-19(9-11-3-5-20-10-11)4-2-15(18)12-6-13(16)8-14(17)7-12/h3,5-8,10,15H,2,4,9,18H2,1H3. The quantitative estimate of drug-likeness (QED) is 0.883. The molecule has 2 nitrogen and oxygen atoms in total. The summed E-state index contributed by atoms with van der Waals surface area (Å²) in [6.45, 7) is 1.63.